The minimum atomic E-state index is 0.352. The van der Waals surface area contributed by atoms with Gasteiger partial charge in [0.1, 0.15) is 17.8 Å². The van der Waals surface area contributed by atoms with Crippen molar-refractivity contribution in [3.05, 3.63) is 71.5 Å². The molecule has 0 aliphatic heterocycles. The van der Waals surface area contributed by atoms with E-state index in [4.69, 9.17) is 10.5 Å². The molecule has 2 aromatic carbocycles. The van der Waals surface area contributed by atoms with E-state index in [1.165, 1.54) is 17.5 Å². The summed E-state index contributed by atoms with van der Waals surface area (Å²) in [6.07, 6.45) is 2.44. The minimum Gasteiger partial charge on any atom is -0.437 e. The average molecular weight is 334 g/mol. The molecule has 0 aliphatic carbocycles. The van der Waals surface area contributed by atoms with Gasteiger partial charge in [-0.15, -0.1) is 0 Å². The molecule has 5 heteroatoms. The standard InChI is InChI=1S/C20H22N4O/c1-3-15-8-10-17(11-9-15)25-20-18(21)19(23-13-24-20)22-12-16-6-4-14(2)5-7-16/h4-11,13H,3,12,21H2,1-2H3,(H,22,23,24). The summed E-state index contributed by atoms with van der Waals surface area (Å²) in [6.45, 7) is 4.81. The van der Waals surface area contributed by atoms with Crippen molar-refractivity contribution >= 4 is 11.5 Å². The average Bonchev–Trinajstić information content (AvgIpc) is 2.64. The summed E-state index contributed by atoms with van der Waals surface area (Å²) in [5, 5.41) is 3.24. The van der Waals surface area contributed by atoms with E-state index in [0.29, 0.717) is 29.7 Å². The molecule has 0 spiro atoms. The summed E-state index contributed by atoms with van der Waals surface area (Å²) in [4.78, 5) is 8.36. The molecule has 0 amide bonds. The Morgan fingerprint density at radius 2 is 1.64 bits per heavy atom. The van der Waals surface area contributed by atoms with Crippen LogP contribution in [-0.2, 0) is 13.0 Å². The number of aromatic nitrogens is 2. The van der Waals surface area contributed by atoms with E-state index in [9.17, 15) is 0 Å². The molecule has 5 nitrogen and oxygen atoms in total. The molecule has 25 heavy (non-hydrogen) atoms. The summed E-state index contributed by atoms with van der Waals surface area (Å²) in [7, 11) is 0. The fourth-order valence-corrected chi connectivity index (χ4v) is 2.40. The van der Waals surface area contributed by atoms with Crippen LogP contribution >= 0.6 is 0 Å². The smallest absolute Gasteiger partial charge is 0.248 e. The molecule has 0 fully saturated rings. The van der Waals surface area contributed by atoms with Crippen molar-refractivity contribution in [2.24, 2.45) is 0 Å². The van der Waals surface area contributed by atoms with Crippen molar-refractivity contribution in [1.82, 2.24) is 9.97 Å². The Bertz CT molecular complexity index is 829. The summed E-state index contributed by atoms with van der Waals surface area (Å²) in [5.74, 6) is 1.62. The molecule has 3 aromatic rings. The third kappa shape index (κ3) is 4.26. The van der Waals surface area contributed by atoms with E-state index in [0.717, 1.165) is 12.0 Å². The van der Waals surface area contributed by atoms with Crippen molar-refractivity contribution in [3.8, 4) is 11.6 Å². The summed E-state index contributed by atoms with van der Waals surface area (Å²) >= 11 is 0. The molecule has 0 radical (unpaired) electrons. The highest BCUT2D eigenvalue weighted by Gasteiger charge is 2.10. The summed E-state index contributed by atoms with van der Waals surface area (Å²) in [6, 6.07) is 16.2. The number of ether oxygens (including phenoxy) is 1. The number of anilines is 2. The second kappa shape index (κ2) is 7.66. The molecule has 0 saturated carbocycles. The molecule has 1 heterocycles. The van der Waals surface area contributed by atoms with Crippen molar-refractivity contribution in [3.63, 3.8) is 0 Å². The van der Waals surface area contributed by atoms with Gasteiger partial charge in [-0.1, -0.05) is 48.9 Å². The Morgan fingerprint density at radius 3 is 2.32 bits per heavy atom. The Balaban J connectivity index is 1.71. The van der Waals surface area contributed by atoms with Crippen LogP contribution in [0.5, 0.6) is 11.6 Å². The number of hydrogen-bond acceptors (Lipinski definition) is 5. The van der Waals surface area contributed by atoms with Crippen LogP contribution in [0.15, 0.2) is 54.9 Å². The van der Waals surface area contributed by atoms with Crippen LogP contribution in [0.1, 0.15) is 23.6 Å². The highest BCUT2D eigenvalue weighted by atomic mass is 16.5. The van der Waals surface area contributed by atoms with Gasteiger partial charge in [0.15, 0.2) is 5.82 Å². The van der Waals surface area contributed by atoms with Crippen LogP contribution in [0.4, 0.5) is 11.5 Å². The lowest BCUT2D eigenvalue weighted by atomic mass is 10.1. The third-order valence-corrected chi connectivity index (χ3v) is 3.97. The molecule has 0 saturated heterocycles. The van der Waals surface area contributed by atoms with Gasteiger partial charge in [0.25, 0.3) is 0 Å². The SMILES string of the molecule is CCc1ccc(Oc2ncnc(NCc3ccc(C)cc3)c2N)cc1. The second-order valence-electron chi connectivity index (χ2n) is 5.88. The first kappa shape index (κ1) is 16.8. The van der Waals surface area contributed by atoms with Gasteiger partial charge in [-0.2, -0.15) is 4.98 Å². The van der Waals surface area contributed by atoms with E-state index in [-0.39, 0.29) is 0 Å². The first-order chi connectivity index (χ1) is 12.2. The maximum atomic E-state index is 6.16. The molecular formula is C20H22N4O. The molecule has 3 N–H and O–H groups in total. The van der Waals surface area contributed by atoms with Gasteiger partial charge in [0, 0.05) is 6.54 Å². The van der Waals surface area contributed by atoms with Gasteiger partial charge in [0.05, 0.1) is 0 Å². The van der Waals surface area contributed by atoms with E-state index >= 15 is 0 Å². The highest BCUT2D eigenvalue weighted by Crippen LogP contribution is 2.29. The molecular weight excluding hydrogens is 312 g/mol. The fraction of sp³-hybridized carbons (Fsp3) is 0.200. The lowest BCUT2D eigenvalue weighted by molar-refractivity contribution is 0.464. The van der Waals surface area contributed by atoms with Gasteiger partial charge < -0.3 is 15.8 Å². The normalized spacial score (nSPS) is 10.5. The first-order valence-electron chi connectivity index (χ1n) is 8.32. The van der Waals surface area contributed by atoms with Gasteiger partial charge in [-0.05, 0) is 36.6 Å². The van der Waals surface area contributed by atoms with Crippen molar-refractivity contribution in [1.29, 1.82) is 0 Å². The summed E-state index contributed by atoms with van der Waals surface area (Å²) in [5.41, 5.74) is 10.2. The van der Waals surface area contributed by atoms with Gasteiger partial charge in [-0.25, -0.2) is 4.98 Å². The topological polar surface area (TPSA) is 73.1 Å². The largest absolute Gasteiger partial charge is 0.437 e. The third-order valence-electron chi connectivity index (χ3n) is 3.97. The van der Waals surface area contributed by atoms with Crippen LogP contribution in [0.3, 0.4) is 0 Å². The Hall–Kier alpha value is -3.08. The quantitative estimate of drug-likeness (QED) is 0.702. The van der Waals surface area contributed by atoms with Gasteiger partial charge >= 0.3 is 0 Å². The molecule has 0 bridgehead atoms. The number of nitrogens with two attached hydrogens (primary N) is 1. The van der Waals surface area contributed by atoms with Crippen LogP contribution in [-0.4, -0.2) is 9.97 Å². The van der Waals surface area contributed by atoms with Crippen LogP contribution in [0.25, 0.3) is 0 Å². The zero-order valence-corrected chi connectivity index (χ0v) is 14.5. The Labute approximate surface area is 147 Å². The Morgan fingerprint density at radius 1 is 0.960 bits per heavy atom. The number of benzene rings is 2. The van der Waals surface area contributed by atoms with Crippen LogP contribution in [0.2, 0.25) is 0 Å². The number of nitrogens with one attached hydrogen (secondary N) is 1. The lowest BCUT2D eigenvalue weighted by Crippen LogP contribution is -2.06. The predicted octanol–water partition coefficient (Wildman–Crippen LogP) is 4.33. The lowest BCUT2D eigenvalue weighted by Gasteiger charge is -2.12. The van der Waals surface area contributed by atoms with Gasteiger partial charge in [-0.3, -0.25) is 0 Å². The van der Waals surface area contributed by atoms with E-state index in [1.807, 2.05) is 24.3 Å². The van der Waals surface area contributed by atoms with Crippen molar-refractivity contribution in [2.75, 3.05) is 11.1 Å². The van der Waals surface area contributed by atoms with Gasteiger partial charge in [0.2, 0.25) is 5.88 Å². The zero-order valence-electron chi connectivity index (χ0n) is 14.5. The number of nitrogens with zero attached hydrogens (tertiary/aromatic N) is 2. The minimum absolute atomic E-state index is 0.352. The molecule has 0 unspecified atom stereocenters. The predicted molar refractivity (Wildman–Crippen MR) is 101 cm³/mol. The van der Waals surface area contributed by atoms with Crippen molar-refractivity contribution in [2.45, 2.75) is 26.8 Å². The first-order valence-corrected chi connectivity index (χ1v) is 8.32. The second-order valence-corrected chi connectivity index (χ2v) is 5.88. The van der Waals surface area contributed by atoms with Crippen molar-refractivity contribution < 1.29 is 4.74 Å². The zero-order chi connectivity index (χ0) is 17.6. The van der Waals surface area contributed by atoms with E-state index in [1.54, 1.807) is 0 Å². The number of hydrogen-bond donors (Lipinski definition) is 2. The van der Waals surface area contributed by atoms with E-state index in [2.05, 4.69) is 53.4 Å². The van der Waals surface area contributed by atoms with Crippen LogP contribution < -0.4 is 15.8 Å². The number of nitrogen functional groups attached to an aromatic ring is 1. The highest BCUT2D eigenvalue weighted by molar-refractivity contribution is 5.67. The Kier molecular flexibility index (Phi) is 5.14. The number of aryl methyl sites for hydroxylation is 2. The maximum Gasteiger partial charge on any atom is 0.248 e. The fourth-order valence-electron chi connectivity index (χ4n) is 2.40. The molecule has 1 aromatic heterocycles. The van der Waals surface area contributed by atoms with Crippen LogP contribution in [0, 0.1) is 6.92 Å². The molecule has 128 valence electrons. The monoisotopic (exact) mass is 334 g/mol. The molecule has 0 atom stereocenters. The summed E-state index contributed by atoms with van der Waals surface area (Å²) < 4.78 is 5.80. The molecule has 3 rings (SSSR count). The number of rotatable bonds is 6. The molecule has 0 aliphatic rings. The van der Waals surface area contributed by atoms with E-state index < -0.39 is 0 Å². The maximum absolute atomic E-state index is 6.16.